The van der Waals surface area contributed by atoms with Gasteiger partial charge in [-0.1, -0.05) is 17.7 Å². The lowest BCUT2D eigenvalue weighted by Gasteiger charge is -2.14. The lowest BCUT2D eigenvalue weighted by Crippen LogP contribution is -2.26. The third kappa shape index (κ3) is 4.05. The highest BCUT2D eigenvalue weighted by Crippen LogP contribution is 2.23. The molecule has 1 heterocycles. The maximum absolute atomic E-state index is 12.4. The molecule has 0 aliphatic heterocycles. The van der Waals surface area contributed by atoms with E-state index in [0.29, 0.717) is 11.6 Å². The second-order valence-corrected chi connectivity index (χ2v) is 7.74. The van der Waals surface area contributed by atoms with Gasteiger partial charge in [-0.3, -0.25) is 0 Å². The fourth-order valence-corrected chi connectivity index (χ4v) is 4.21. The van der Waals surface area contributed by atoms with Gasteiger partial charge in [-0.15, -0.1) is 11.3 Å². The second-order valence-electron chi connectivity index (χ2n) is 4.64. The van der Waals surface area contributed by atoms with Crippen molar-refractivity contribution in [2.24, 2.45) is 0 Å². The van der Waals surface area contributed by atoms with Crippen LogP contribution >= 0.6 is 22.9 Å². The lowest BCUT2D eigenvalue weighted by atomic mass is 10.2. The van der Waals surface area contributed by atoms with E-state index in [0.717, 1.165) is 10.4 Å². The van der Waals surface area contributed by atoms with E-state index >= 15 is 0 Å². The zero-order valence-corrected chi connectivity index (χ0v) is 14.1. The number of rotatable bonds is 6. The van der Waals surface area contributed by atoms with Crippen molar-refractivity contribution < 1.29 is 8.42 Å². The Morgan fingerprint density at radius 1 is 1.33 bits per heavy atom. The van der Waals surface area contributed by atoms with Crippen molar-refractivity contribution in [1.82, 2.24) is 10.0 Å². The highest BCUT2D eigenvalue weighted by molar-refractivity contribution is 7.89. The van der Waals surface area contributed by atoms with Crippen molar-refractivity contribution >= 4 is 33.0 Å². The minimum absolute atomic E-state index is 0.223. The zero-order valence-electron chi connectivity index (χ0n) is 11.8. The summed E-state index contributed by atoms with van der Waals surface area (Å²) in [6.45, 7) is 2.34. The van der Waals surface area contributed by atoms with Gasteiger partial charge in [0, 0.05) is 16.4 Å². The van der Waals surface area contributed by atoms with Crippen molar-refractivity contribution in [2.75, 3.05) is 7.05 Å². The third-order valence-electron chi connectivity index (χ3n) is 3.00. The molecule has 4 nitrogen and oxygen atoms in total. The molecule has 0 radical (unpaired) electrons. The van der Waals surface area contributed by atoms with Crippen LogP contribution in [-0.4, -0.2) is 15.5 Å². The van der Waals surface area contributed by atoms with Gasteiger partial charge in [0.05, 0.1) is 10.9 Å². The first kappa shape index (κ1) is 16.5. The molecule has 1 aromatic carbocycles. The Bertz CT molecular complexity index is 700. The van der Waals surface area contributed by atoms with Crippen molar-refractivity contribution in [2.45, 2.75) is 24.4 Å². The molecule has 2 N–H and O–H groups in total. The summed E-state index contributed by atoms with van der Waals surface area (Å²) in [4.78, 5) is 1.20. The highest BCUT2D eigenvalue weighted by Gasteiger charge is 2.19. The van der Waals surface area contributed by atoms with E-state index in [-0.39, 0.29) is 10.9 Å². The number of hydrogen-bond donors (Lipinski definition) is 2. The third-order valence-corrected chi connectivity index (χ3v) is 5.96. The lowest BCUT2D eigenvalue weighted by molar-refractivity contribution is 0.568. The molecule has 0 aliphatic rings. The van der Waals surface area contributed by atoms with E-state index in [1.54, 1.807) is 19.2 Å². The van der Waals surface area contributed by atoms with E-state index in [1.807, 2.05) is 24.4 Å². The zero-order chi connectivity index (χ0) is 15.5. The summed E-state index contributed by atoms with van der Waals surface area (Å²) in [6.07, 6.45) is 0. The summed E-state index contributed by atoms with van der Waals surface area (Å²) in [5.74, 6) is 0. The van der Waals surface area contributed by atoms with Crippen molar-refractivity contribution in [1.29, 1.82) is 0 Å². The molecule has 0 saturated carbocycles. The Morgan fingerprint density at radius 2 is 2.10 bits per heavy atom. The number of sulfonamides is 1. The van der Waals surface area contributed by atoms with Gasteiger partial charge >= 0.3 is 0 Å². The van der Waals surface area contributed by atoms with Crippen LogP contribution in [-0.2, 0) is 16.6 Å². The fraction of sp³-hybridized carbons (Fsp3) is 0.286. The van der Waals surface area contributed by atoms with Gasteiger partial charge in [-0.2, -0.15) is 0 Å². The molecular weight excluding hydrogens is 328 g/mol. The SMILES string of the molecule is CNCc1cc(S(=O)(=O)NC(C)c2cccs2)ccc1Cl. The van der Waals surface area contributed by atoms with Crippen LogP contribution in [0.2, 0.25) is 5.02 Å². The summed E-state index contributed by atoms with van der Waals surface area (Å²) in [6, 6.07) is 8.27. The summed E-state index contributed by atoms with van der Waals surface area (Å²) in [7, 11) is -1.79. The predicted molar refractivity (Wildman–Crippen MR) is 87.3 cm³/mol. The molecule has 1 unspecified atom stereocenters. The summed E-state index contributed by atoms with van der Waals surface area (Å²) < 4.78 is 27.6. The minimum atomic E-state index is -3.57. The molecule has 0 aliphatic carbocycles. The fourth-order valence-electron chi connectivity index (χ4n) is 1.94. The van der Waals surface area contributed by atoms with Crippen molar-refractivity contribution in [3.05, 3.63) is 51.2 Å². The van der Waals surface area contributed by atoms with E-state index in [2.05, 4.69) is 10.0 Å². The molecule has 2 rings (SSSR count). The second kappa shape index (κ2) is 6.89. The van der Waals surface area contributed by atoms with Crippen LogP contribution in [0.5, 0.6) is 0 Å². The van der Waals surface area contributed by atoms with Crippen LogP contribution in [0.3, 0.4) is 0 Å². The Hall–Kier alpha value is -0.920. The average Bonchev–Trinajstić information content (AvgIpc) is 2.95. The molecule has 2 aromatic rings. The van der Waals surface area contributed by atoms with Gasteiger partial charge in [0.1, 0.15) is 0 Å². The maximum Gasteiger partial charge on any atom is 0.241 e. The summed E-state index contributed by atoms with van der Waals surface area (Å²) in [5.41, 5.74) is 0.755. The van der Waals surface area contributed by atoms with Crippen molar-refractivity contribution in [3.8, 4) is 0 Å². The monoisotopic (exact) mass is 344 g/mol. The molecule has 0 saturated heterocycles. The summed E-state index contributed by atoms with van der Waals surface area (Å²) in [5, 5.41) is 5.44. The van der Waals surface area contributed by atoms with Gasteiger partial charge in [-0.05, 0) is 49.2 Å². The molecule has 0 spiro atoms. The van der Waals surface area contributed by atoms with Crippen LogP contribution < -0.4 is 10.0 Å². The normalized spacial score (nSPS) is 13.3. The van der Waals surface area contributed by atoms with Crippen LogP contribution in [0, 0.1) is 0 Å². The Morgan fingerprint density at radius 3 is 2.71 bits per heavy atom. The van der Waals surface area contributed by atoms with Gasteiger partial charge in [0.15, 0.2) is 0 Å². The molecule has 114 valence electrons. The van der Waals surface area contributed by atoms with E-state index in [1.165, 1.54) is 17.4 Å². The molecule has 21 heavy (non-hydrogen) atoms. The molecule has 0 amide bonds. The average molecular weight is 345 g/mol. The van der Waals surface area contributed by atoms with Crippen LogP contribution in [0.4, 0.5) is 0 Å². The predicted octanol–water partition coefficient (Wildman–Crippen LogP) is 3.16. The maximum atomic E-state index is 12.4. The Balaban J connectivity index is 2.25. The molecular formula is C14H17ClN2O2S2. The van der Waals surface area contributed by atoms with Gasteiger partial charge < -0.3 is 5.32 Å². The molecule has 1 atom stereocenters. The first-order chi connectivity index (χ1) is 9.94. The number of benzene rings is 1. The first-order valence-electron chi connectivity index (χ1n) is 6.43. The van der Waals surface area contributed by atoms with Crippen LogP contribution in [0.25, 0.3) is 0 Å². The summed E-state index contributed by atoms with van der Waals surface area (Å²) >= 11 is 7.58. The molecule has 0 bridgehead atoms. The van der Waals surface area contributed by atoms with Gasteiger partial charge in [0.2, 0.25) is 10.0 Å². The minimum Gasteiger partial charge on any atom is -0.316 e. The van der Waals surface area contributed by atoms with Gasteiger partial charge in [-0.25, -0.2) is 13.1 Å². The van der Waals surface area contributed by atoms with Crippen LogP contribution in [0.15, 0.2) is 40.6 Å². The largest absolute Gasteiger partial charge is 0.316 e. The van der Waals surface area contributed by atoms with Crippen molar-refractivity contribution in [3.63, 3.8) is 0 Å². The molecule has 1 aromatic heterocycles. The number of thiophene rings is 1. The Labute approximate surface area is 134 Å². The molecule has 0 fully saturated rings. The van der Waals surface area contributed by atoms with E-state index < -0.39 is 10.0 Å². The Kier molecular flexibility index (Phi) is 5.40. The smallest absolute Gasteiger partial charge is 0.241 e. The highest BCUT2D eigenvalue weighted by atomic mass is 35.5. The topological polar surface area (TPSA) is 58.2 Å². The number of halogens is 1. The number of nitrogens with one attached hydrogen (secondary N) is 2. The quantitative estimate of drug-likeness (QED) is 0.846. The molecule has 7 heteroatoms. The van der Waals surface area contributed by atoms with E-state index in [4.69, 9.17) is 11.6 Å². The van der Waals surface area contributed by atoms with E-state index in [9.17, 15) is 8.42 Å². The number of hydrogen-bond acceptors (Lipinski definition) is 4. The standard InChI is InChI=1S/C14H17ClN2O2S2/c1-10(14-4-3-7-20-14)17-21(18,19)12-5-6-13(15)11(8-12)9-16-2/h3-8,10,16-17H,9H2,1-2H3. The first-order valence-corrected chi connectivity index (χ1v) is 9.17. The van der Waals surface area contributed by atoms with Crippen LogP contribution in [0.1, 0.15) is 23.4 Å². The van der Waals surface area contributed by atoms with Gasteiger partial charge in [0.25, 0.3) is 0 Å².